The lowest BCUT2D eigenvalue weighted by Crippen LogP contribution is -2.60. The fourth-order valence-electron chi connectivity index (χ4n) is 3.99. The number of esters is 1. The molecule has 0 spiro atoms. The van der Waals surface area contributed by atoms with Gasteiger partial charge in [-0.2, -0.15) is 0 Å². The Balaban J connectivity index is 1.30. The highest BCUT2D eigenvalue weighted by atomic mass is 32.1. The molecule has 0 radical (unpaired) electrons. The van der Waals surface area contributed by atoms with Gasteiger partial charge in [-0.1, -0.05) is 60.7 Å². The monoisotopic (exact) mass is 517 g/mol. The van der Waals surface area contributed by atoms with Crippen molar-refractivity contribution in [2.24, 2.45) is 0 Å². The van der Waals surface area contributed by atoms with Crippen molar-refractivity contribution in [2.75, 3.05) is 26.3 Å². The molecule has 1 aliphatic rings. The predicted molar refractivity (Wildman–Crippen MR) is 145 cm³/mol. The Hall–Kier alpha value is -4.24. The molecule has 2 N–H and O–H groups in total. The number of hydrogen-bond acceptors (Lipinski definition) is 6. The summed E-state index contributed by atoms with van der Waals surface area (Å²) in [4.78, 5) is 39.0. The van der Waals surface area contributed by atoms with Gasteiger partial charge in [-0.15, -0.1) is 0 Å². The Morgan fingerprint density at radius 1 is 1.03 bits per heavy atom. The van der Waals surface area contributed by atoms with Gasteiger partial charge in [-0.3, -0.25) is 19.7 Å². The van der Waals surface area contributed by atoms with E-state index < -0.39 is 17.9 Å². The van der Waals surface area contributed by atoms with Crippen LogP contribution in [-0.4, -0.2) is 60.1 Å². The molecule has 1 aliphatic heterocycles. The van der Waals surface area contributed by atoms with Gasteiger partial charge in [0.15, 0.2) is 5.11 Å². The van der Waals surface area contributed by atoms with Crippen molar-refractivity contribution >= 4 is 52.0 Å². The van der Waals surface area contributed by atoms with Crippen LogP contribution < -0.4 is 15.4 Å². The van der Waals surface area contributed by atoms with E-state index in [1.807, 2.05) is 60.7 Å². The summed E-state index contributed by atoms with van der Waals surface area (Å²) in [6.45, 7) is 0.931. The second-order valence-electron chi connectivity index (χ2n) is 8.28. The van der Waals surface area contributed by atoms with E-state index in [2.05, 4.69) is 10.6 Å². The summed E-state index contributed by atoms with van der Waals surface area (Å²) in [6.07, 6.45) is 2.91. The number of ether oxygens (including phenoxy) is 2. The molecular weight excluding hydrogens is 490 g/mol. The molecule has 190 valence electrons. The Kier molecular flexibility index (Phi) is 8.83. The molecule has 8 nitrogen and oxygen atoms in total. The number of nitrogens with one attached hydrogen (secondary N) is 2. The van der Waals surface area contributed by atoms with E-state index in [1.165, 1.54) is 6.08 Å². The Morgan fingerprint density at radius 2 is 1.78 bits per heavy atom. The van der Waals surface area contributed by atoms with Gasteiger partial charge in [0.2, 0.25) is 11.8 Å². The van der Waals surface area contributed by atoms with E-state index in [-0.39, 0.29) is 30.7 Å². The van der Waals surface area contributed by atoms with Crippen LogP contribution in [0.2, 0.25) is 0 Å². The number of para-hydroxylation sites is 1. The predicted octanol–water partition coefficient (Wildman–Crippen LogP) is 3.07. The molecule has 0 aliphatic carbocycles. The van der Waals surface area contributed by atoms with Crippen LogP contribution in [0.25, 0.3) is 16.8 Å². The highest BCUT2D eigenvalue weighted by Crippen LogP contribution is 2.19. The molecule has 0 aromatic heterocycles. The van der Waals surface area contributed by atoms with E-state index in [0.29, 0.717) is 18.8 Å². The second-order valence-corrected chi connectivity index (χ2v) is 8.67. The van der Waals surface area contributed by atoms with Gasteiger partial charge in [0, 0.05) is 19.2 Å². The topological polar surface area (TPSA) is 97.0 Å². The number of benzene rings is 3. The Morgan fingerprint density at radius 3 is 2.62 bits per heavy atom. The fourth-order valence-corrected chi connectivity index (χ4v) is 4.31. The maximum atomic E-state index is 12.6. The summed E-state index contributed by atoms with van der Waals surface area (Å²) in [5.74, 6) is -0.671. The zero-order chi connectivity index (χ0) is 26.0. The average Bonchev–Trinajstić information content (AvgIpc) is 2.91. The number of carbonyl (C=O) groups excluding carboxylic acids is 3. The highest BCUT2D eigenvalue weighted by molar-refractivity contribution is 7.80. The first-order valence-corrected chi connectivity index (χ1v) is 12.3. The van der Waals surface area contributed by atoms with E-state index >= 15 is 0 Å². The number of piperazine rings is 1. The molecule has 4 rings (SSSR count). The van der Waals surface area contributed by atoms with E-state index in [0.717, 1.165) is 16.3 Å². The lowest BCUT2D eigenvalue weighted by molar-refractivity contribution is -0.148. The number of nitrogens with zero attached hydrogens (tertiary/aromatic N) is 1. The molecule has 2 amide bonds. The standard InChI is InChI=1S/C28H27N3O5S/c32-25(14-13-21-9-6-8-20-7-4-5-12-23(20)21)30-28(37)31-16-15-29-27(34)24(31)19-26(33)36-18-17-35-22-10-2-1-3-11-22/h1-14,24H,15-19H2,(H,29,34)(H,30,32,37)/b14-13+. The average molecular weight is 518 g/mol. The van der Waals surface area contributed by atoms with Crippen molar-refractivity contribution in [1.82, 2.24) is 15.5 Å². The first kappa shape index (κ1) is 25.8. The van der Waals surface area contributed by atoms with Gasteiger partial charge in [-0.25, -0.2) is 0 Å². The van der Waals surface area contributed by atoms with Crippen molar-refractivity contribution in [2.45, 2.75) is 12.5 Å². The SMILES string of the molecule is O=C(/C=C/c1cccc2ccccc12)NC(=S)N1CCNC(=O)C1CC(=O)OCCOc1ccccc1. The minimum atomic E-state index is -0.883. The number of hydrogen-bond donors (Lipinski definition) is 2. The molecule has 9 heteroatoms. The van der Waals surface area contributed by atoms with Crippen molar-refractivity contribution in [3.8, 4) is 5.75 Å². The van der Waals surface area contributed by atoms with Crippen LogP contribution >= 0.6 is 12.2 Å². The number of carbonyl (C=O) groups is 3. The Labute approximate surface area is 220 Å². The molecule has 3 aromatic rings. The van der Waals surface area contributed by atoms with Crippen LogP contribution in [0.3, 0.4) is 0 Å². The molecule has 1 fully saturated rings. The van der Waals surface area contributed by atoms with Crippen LogP contribution in [0.1, 0.15) is 12.0 Å². The van der Waals surface area contributed by atoms with Crippen molar-refractivity contribution in [3.05, 3.63) is 84.4 Å². The normalized spacial score (nSPS) is 15.3. The summed E-state index contributed by atoms with van der Waals surface area (Å²) in [6, 6.07) is 22.0. The summed E-state index contributed by atoms with van der Waals surface area (Å²) >= 11 is 5.41. The molecule has 3 aromatic carbocycles. The lowest BCUT2D eigenvalue weighted by atomic mass is 10.0. The van der Waals surface area contributed by atoms with Gasteiger partial charge >= 0.3 is 5.97 Å². The zero-order valence-electron chi connectivity index (χ0n) is 20.1. The number of thiocarbonyl (C=S) groups is 1. The molecule has 1 heterocycles. The smallest absolute Gasteiger partial charge is 0.308 e. The first-order chi connectivity index (χ1) is 18.0. The number of amides is 2. The van der Waals surface area contributed by atoms with Crippen molar-refractivity contribution in [3.63, 3.8) is 0 Å². The lowest BCUT2D eigenvalue weighted by Gasteiger charge is -2.36. The minimum Gasteiger partial charge on any atom is -0.490 e. The van der Waals surface area contributed by atoms with Crippen LogP contribution in [0.5, 0.6) is 5.75 Å². The largest absolute Gasteiger partial charge is 0.490 e. The third-order valence-corrected chi connectivity index (χ3v) is 6.11. The molecule has 1 atom stereocenters. The van der Waals surface area contributed by atoms with Gasteiger partial charge in [0.25, 0.3) is 0 Å². The third-order valence-electron chi connectivity index (χ3n) is 5.78. The quantitative estimate of drug-likeness (QED) is 0.205. The first-order valence-electron chi connectivity index (χ1n) is 11.9. The van der Waals surface area contributed by atoms with Crippen molar-refractivity contribution in [1.29, 1.82) is 0 Å². The summed E-state index contributed by atoms with van der Waals surface area (Å²) < 4.78 is 10.7. The van der Waals surface area contributed by atoms with Crippen LogP contribution in [0, 0.1) is 0 Å². The molecular formula is C28H27N3O5S. The minimum absolute atomic E-state index is 0.0439. The molecule has 0 saturated carbocycles. The van der Waals surface area contributed by atoms with E-state index in [4.69, 9.17) is 21.7 Å². The van der Waals surface area contributed by atoms with Gasteiger partial charge in [0.1, 0.15) is 25.0 Å². The summed E-state index contributed by atoms with van der Waals surface area (Å²) in [7, 11) is 0. The van der Waals surface area contributed by atoms with Gasteiger partial charge in [-0.05, 0) is 46.8 Å². The zero-order valence-corrected chi connectivity index (χ0v) is 20.9. The Bertz CT molecular complexity index is 1310. The molecule has 1 unspecified atom stereocenters. The van der Waals surface area contributed by atoms with Crippen molar-refractivity contribution < 1.29 is 23.9 Å². The fraction of sp³-hybridized carbons (Fsp3) is 0.214. The van der Waals surface area contributed by atoms with Crippen LogP contribution in [0.4, 0.5) is 0 Å². The molecule has 1 saturated heterocycles. The maximum absolute atomic E-state index is 12.6. The maximum Gasteiger partial charge on any atom is 0.308 e. The van der Waals surface area contributed by atoms with Gasteiger partial charge < -0.3 is 19.7 Å². The van der Waals surface area contributed by atoms with E-state index in [9.17, 15) is 14.4 Å². The second kappa shape index (κ2) is 12.6. The molecule has 37 heavy (non-hydrogen) atoms. The third kappa shape index (κ3) is 7.14. The summed E-state index contributed by atoms with van der Waals surface area (Å²) in [5, 5.41) is 7.54. The van der Waals surface area contributed by atoms with E-state index in [1.54, 1.807) is 23.1 Å². The van der Waals surface area contributed by atoms with Gasteiger partial charge in [0.05, 0.1) is 6.42 Å². The van der Waals surface area contributed by atoms with Crippen LogP contribution in [0.15, 0.2) is 78.9 Å². The number of fused-ring (bicyclic) bond motifs is 1. The number of rotatable bonds is 8. The highest BCUT2D eigenvalue weighted by Gasteiger charge is 2.34. The molecule has 0 bridgehead atoms. The van der Waals surface area contributed by atoms with Crippen LogP contribution in [-0.2, 0) is 19.1 Å². The summed E-state index contributed by atoms with van der Waals surface area (Å²) in [5.41, 5.74) is 0.897.